The molecule has 100 valence electrons. The van der Waals surface area contributed by atoms with E-state index in [2.05, 4.69) is 10.1 Å². The van der Waals surface area contributed by atoms with Gasteiger partial charge in [0.2, 0.25) is 0 Å². The zero-order valence-electron chi connectivity index (χ0n) is 10.7. The fraction of sp³-hybridized carbons (Fsp3) is 0.462. The molecule has 0 aliphatic heterocycles. The summed E-state index contributed by atoms with van der Waals surface area (Å²) in [7, 11) is 1.31. The summed E-state index contributed by atoms with van der Waals surface area (Å²) in [6, 6.07) is 6.10. The Labute approximate surface area is 105 Å². The third-order valence-corrected chi connectivity index (χ3v) is 2.63. The van der Waals surface area contributed by atoms with E-state index < -0.39 is 17.9 Å². The molecule has 0 aromatic heterocycles. The Bertz CT molecular complexity index is 419. The lowest BCUT2D eigenvalue weighted by atomic mass is 10.0. The van der Waals surface area contributed by atoms with Crippen molar-refractivity contribution in [3.63, 3.8) is 0 Å². The SMILES string of the molecule is COC(=O)C(C)(C)NCc1cccc(C(F)F)c1. The van der Waals surface area contributed by atoms with E-state index in [0.29, 0.717) is 12.1 Å². The molecule has 0 heterocycles. The average Bonchev–Trinajstić information content (AvgIpc) is 2.35. The number of halogens is 2. The summed E-state index contributed by atoms with van der Waals surface area (Å²) >= 11 is 0. The van der Waals surface area contributed by atoms with Gasteiger partial charge in [-0.2, -0.15) is 0 Å². The molecule has 0 unspecified atom stereocenters. The molecule has 0 bridgehead atoms. The second kappa shape index (κ2) is 5.91. The van der Waals surface area contributed by atoms with Gasteiger partial charge in [0.1, 0.15) is 5.54 Å². The topological polar surface area (TPSA) is 38.3 Å². The van der Waals surface area contributed by atoms with Gasteiger partial charge in [0.05, 0.1) is 7.11 Å². The monoisotopic (exact) mass is 257 g/mol. The molecule has 0 aliphatic rings. The van der Waals surface area contributed by atoms with Gasteiger partial charge in [-0.05, 0) is 25.5 Å². The number of ether oxygens (including phenoxy) is 1. The van der Waals surface area contributed by atoms with Crippen molar-refractivity contribution in [2.75, 3.05) is 7.11 Å². The predicted molar refractivity (Wildman–Crippen MR) is 64.3 cm³/mol. The highest BCUT2D eigenvalue weighted by molar-refractivity contribution is 5.79. The lowest BCUT2D eigenvalue weighted by Gasteiger charge is -2.23. The van der Waals surface area contributed by atoms with Crippen LogP contribution in [0.15, 0.2) is 24.3 Å². The second-order valence-corrected chi connectivity index (χ2v) is 4.52. The highest BCUT2D eigenvalue weighted by Gasteiger charge is 2.27. The molecule has 5 heteroatoms. The van der Waals surface area contributed by atoms with Gasteiger partial charge in [-0.3, -0.25) is 10.1 Å². The van der Waals surface area contributed by atoms with E-state index in [9.17, 15) is 13.6 Å². The normalized spacial score (nSPS) is 11.7. The number of methoxy groups -OCH3 is 1. The maximum atomic E-state index is 12.5. The van der Waals surface area contributed by atoms with E-state index in [0.717, 1.165) is 0 Å². The highest BCUT2D eigenvalue weighted by atomic mass is 19.3. The molecule has 1 aromatic rings. The van der Waals surface area contributed by atoms with Crippen LogP contribution in [0.5, 0.6) is 0 Å². The third kappa shape index (κ3) is 3.77. The molecule has 0 fully saturated rings. The van der Waals surface area contributed by atoms with E-state index in [1.165, 1.54) is 19.2 Å². The zero-order valence-corrected chi connectivity index (χ0v) is 10.7. The molecule has 0 saturated heterocycles. The Balaban J connectivity index is 2.69. The van der Waals surface area contributed by atoms with Crippen molar-refractivity contribution in [1.82, 2.24) is 5.32 Å². The van der Waals surface area contributed by atoms with Crippen molar-refractivity contribution in [1.29, 1.82) is 0 Å². The van der Waals surface area contributed by atoms with Crippen LogP contribution in [0.2, 0.25) is 0 Å². The summed E-state index contributed by atoms with van der Waals surface area (Å²) in [4.78, 5) is 11.4. The van der Waals surface area contributed by atoms with Crippen LogP contribution in [0.3, 0.4) is 0 Å². The zero-order chi connectivity index (χ0) is 13.8. The molecular weight excluding hydrogens is 240 g/mol. The molecule has 3 nitrogen and oxygen atoms in total. The van der Waals surface area contributed by atoms with Crippen molar-refractivity contribution in [3.05, 3.63) is 35.4 Å². The van der Waals surface area contributed by atoms with Crippen molar-refractivity contribution in [2.24, 2.45) is 0 Å². The molecule has 0 amide bonds. The van der Waals surface area contributed by atoms with Gasteiger partial charge in [-0.25, -0.2) is 8.78 Å². The van der Waals surface area contributed by atoms with Crippen LogP contribution in [0.25, 0.3) is 0 Å². The van der Waals surface area contributed by atoms with E-state index in [-0.39, 0.29) is 5.56 Å². The molecule has 1 N–H and O–H groups in total. The number of alkyl halides is 2. The smallest absolute Gasteiger partial charge is 0.325 e. The minimum Gasteiger partial charge on any atom is -0.468 e. The molecule has 18 heavy (non-hydrogen) atoms. The number of carbonyl (C=O) groups excluding carboxylic acids is 1. The first-order valence-electron chi connectivity index (χ1n) is 5.57. The quantitative estimate of drug-likeness (QED) is 0.824. The molecule has 0 saturated carbocycles. The number of hydrogen-bond donors (Lipinski definition) is 1. The van der Waals surface area contributed by atoms with E-state index in [1.54, 1.807) is 26.0 Å². The van der Waals surface area contributed by atoms with Crippen molar-refractivity contribution >= 4 is 5.97 Å². The fourth-order valence-electron chi connectivity index (χ4n) is 1.49. The van der Waals surface area contributed by atoms with Gasteiger partial charge in [0.25, 0.3) is 6.43 Å². The van der Waals surface area contributed by atoms with Crippen LogP contribution < -0.4 is 5.32 Å². The van der Waals surface area contributed by atoms with Gasteiger partial charge in [-0.15, -0.1) is 0 Å². The second-order valence-electron chi connectivity index (χ2n) is 4.52. The minimum atomic E-state index is -2.49. The van der Waals surface area contributed by atoms with Crippen LogP contribution >= 0.6 is 0 Å². The number of rotatable bonds is 5. The summed E-state index contributed by atoms with van der Waals surface area (Å²) in [6.07, 6.45) is -2.49. The maximum Gasteiger partial charge on any atom is 0.325 e. The highest BCUT2D eigenvalue weighted by Crippen LogP contribution is 2.19. The standard InChI is InChI=1S/C13H17F2NO2/c1-13(2,12(17)18-3)16-8-9-5-4-6-10(7-9)11(14)15/h4-7,11,16H,8H2,1-3H3. The summed E-state index contributed by atoms with van der Waals surface area (Å²) in [5.41, 5.74) is -0.176. The van der Waals surface area contributed by atoms with Gasteiger partial charge >= 0.3 is 5.97 Å². The third-order valence-electron chi connectivity index (χ3n) is 2.63. The number of benzene rings is 1. The lowest BCUT2D eigenvalue weighted by Crippen LogP contribution is -2.46. The van der Waals surface area contributed by atoms with Crippen molar-refractivity contribution in [3.8, 4) is 0 Å². The van der Waals surface area contributed by atoms with Crippen LogP contribution in [-0.2, 0) is 16.1 Å². The average molecular weight is 257 g/mol. The Hall–Kier alpha value is -1.49. The Kier molecular flexibility index (Phi) is 4.78. The molecule has 1 rings (SSSR count). The van der Waals surface area contributed by atoms with Crippen LogP contribution in [0.1, 0.15) is 31.4 Å². The largest absolute Gasteiger partial charge is 0.468 e. The molecule has 1 aromatic carbocycles. The first kappa shape index (κ1) is 14.6. The van der Waals surface area contributed by atoms with Gasteiger partial charge in [0.15, 0.2) is 0 Å². The molecule has 0 spiro atoms. The Morgan fingerprint density at radius 3 is 2.67 bits per heavy atom. The summed E-state index contributed by atoms with van der Waals surface area (Å²) in [5.74, 6) is -0.396. The lowest BCUT2D eigenvalue weighted by molar-refractivity contribution is -0.147. The molecular formula is C13H17F2NO2. The summed E-state index contributed by atoms with van der Waals surface area (Å²) < 4.78 is 29.7. The van der Waals surface area contributed by atoms with Crippen LogP contribution in [-0.4, -0.2) is 18.6 Å². The van der Waals surface area contributed by atoms with Gasteiger partial charge in [0, 0.05) is 12.1 Å². The van der Waals surface area contributed by atoms with Crippen LogP contribution in [0, 0.1) is 0 Å². The Morgan fingerprint density at radius 2 is 2.11 bits per heavy atom. The molecule has 0 aliphatic carbocycles. The van der Waals surface area contributed by atoms with Crippen molar-refractivity contribution in [2.45, 2.75) is 32.4 Å². The van der Waals surface area contributed by atoms with Gasteiger partial charge < -0.3 is 4.74 Å². The van der Waals surface area contributed by atoms with E-state index >= 15 is 0 Å². The minimum absolute atomic E-state index is 0.0230. The number of esters is 1. The number of carbonyl (C=O) groups is 1. The fourth-order valence-corrected chi connectivity index (χ4v) is 1.49. The van der Waals surface area contributed by atoms with Gasteiger partial charge in [-0.1, -0.05) is 18.2 Å². The maximum absolute atomic E-state index is 12.5. The first-order valence-corrected chi connectivity index (χ1v) is 5.57. The Morgan fingerprint density at radius 1 is 1.44 bits per heavy atom. The molecule has 0 radical (unpaired) electrons. The summed E-state index contributed by atoms with van der Waals surface area (Å²) in [5, 5.41) is 2.97. The number of nitrogens with one attached hydrogen (secondary N) is 1. The van der Waals surface area contributed by atoms with Crippen molar-refractivity contribution < 1.29 is 18.3 Å². The summed E-state index contributed by atoms with van der Waals surface area (Å²) in [6.45, 7) is 3.67. The molecule has 0 atom stereocenters. The van der Waals surface area contributed by atoms with Crippen LogP contribution in [0.4, 0.5) is 8.78 Å². The van der Waals surface area contributed by atoms with E-state index in [4.69, 9.17) is 0 Å². The number of hydrogen-bond acceptors (Lipinski definition) is 3. The van der Waals surface area contributed by atoms with E-state index in [1.807, 2.05) is 0 Å². The predicted octanol–water partition coefficient (Wildman–Crippen LogP) is 2.67. The first-order chi connectivity index (χ1) is 8.36.